The molecule has 9 nitrogen and oxygen atoms in total. The Morgan fingerprint density at radius 2 is 1.97 bits per heavy atom. The van der Waals surface area contributed by atoms with Crippen LogP contribution in [0.15, 0.2) is 52.9 Å². The molecule has 0 fully saturated rings. The number of fused-ring (bicyclic) bond motifs is 1. The molecule has 4 rings (SSSR count). The van der Waals surface area contributed by atoms with Gasteiger partial charge in [-0.1, -0.05) is 30.3 Å². The van der Waals surface area contributed by atoms with Crippen LogP contribution in [0.3, 0.4) is 0 Å². The van der Waals surface area contributed by atoms with E-state index in [1.165, 1.54) is 18.4 Å². The zero-order valence-corrected chi connectivity index (χ0v) is 18.0. The van der Waals surface area contributed by atoms with Crippen molar-refractivity contribution in [1.29, 1.82) is 0 Å². The highest BCUT2D eigenvalue weighted by Gasteiger charge is 2.33. The SMILES string of the molecule is COC(=O)CC(c1c(O)c(C(=O)OC)c[nH]c1=O)c1c(-c2ccccc2)nc2sccn12. The lowest BCUT2D eigenvalue weighted by Crippen LogP contribution is -2.23. The average Bonchev–Trinajstić information content (AvgIpc) is 3.40. The van der Waals surface area contributed by atoms with Gasteiger partial charge in [-0.25, -0.2) is 9.78 Å². The summed E-state index contributed by atoms with van der Waals surface area (Å²) in [5.74, 6) is -2.94. The van der Waals surface area contributed by atoms with Gasteiger partial charge in [-0.15, -0.1) is 11.3 Å². The molecule has 0 aliphatic rings. The lowest BCUT2D eigenvalue weighted by molar-refractivity contribution is -0.140. The number of aromatic amines is 1. The molecule has 0 saturated carbocycles. The number of thiazole rings is 1. The zero-order chi connectivity index (χ0) is 22.8. The molecule has 32 heavy (non-hydrogen) atoms. The zero-order valence-electron chi connectivity index (χ0n) is 17.2. The number of imidazole rings is 1. The summed E-state index contributed by atoms with van der Waals surface area (Å²) in [5, 5.41) is 12.7. The minimum absolute atomic E-state index is 0.150. The molecule has 2 N–H and O–H groups in total. The first kappa shape index (κ1) is 21.3. The number of nitrogens with zero attached hydrogens (tertiary/aromatic N) is 2. The van der Waals surface area contributed by atoms with Crippen molar-refractivity contribution >= 4 is 28.2 Å². The van der Waals surface area contributed by atoms with E-state index in [9.17, 15) is 19.5 Å². The summed E-state index contributed by atoms with van der Waals surface area (Å²) in [7, 11) is 2.40. The number of methoxy groups -OCH3 is 2. The number of ether oxygens (including phenoxy) is 2. The Morgan fingerprint density at radius 3 is 2.66 bits per heavy atom. The van der Waals surface area contributed by atoms with Crippen LogP contribution in [0.5, 0.6) is 5.75 Å². The lowest BCUT2D eigenvalue weighted by Gasteiger charge is -2.19. The smallest absolute Gasteiger partial charge is 0.343 e. The normalized spacial score (nSPS) is 11.9. The van der Waals surface area contributed by atoms with Crippen molar-refractivity contribution in [3.05, 3.63) is 75.3 Å². The number of hydrogen-bond acceptors (Lipinski definition) is 8. The third kappa shape index (κ3) is 3.65. The number of rotatable bonds is 6. The summed E-state index contributed by atoms with van der Waals surface area (Å²) in [5.41, 5.74) is 0.823. The van der Waals surface area contributed by atoms with Crippen molar-refractivity contribution in [3.63, 3.8) is 0 Å². The van der Waals surface area contributed by atoms with Crippen LogP contribution >= 0.6 is 11.3 Å². The van der Waals surface area contributed by atoms with E-state index in [-0.39, 0.29) is 17.5 Å². The molecule has 0 aliphatic heterocycles. The van der Waals surface area contributed by atoms with E-state index in [1.807, 2.05) is 35.7 Å². The van der Waals surface area contributed by atoms with Crippen molar-refractivity contribution < 1.29 is 24.2 Å². The summed E-state index contributed by atoms with van der Waals surface area (Å²) in [6.45, 7) is 0. The molecule has 0 aliphatic carbocycles. The van der Waals surface area contributed by atoms with E-state index in [2.05, 4.69) is 4.98 Å². The fourth-order valence-electron chi connectivity index (χ4n) is 3.66. The van der Waals surface area contributed by atoms with Gasteiger partial charge in [0, 0.05) is 29.3 Å². The van der Waals surface area contributed by atoms with Crippen molar-refractivity contribution in [1.82, 2.24) is 14.4 Å². The third-order valence-electron chi connectivity index (χ3n) is 5.13. The van der Waals surface area contributed by atoms with Gasteiger partial charge in [-0.3, -0.25) is 14.0 Å². The summed E-state index contributed by atoms with van der Waals surface area (Å²) < 4.78 is 11.3. The number of aromatic nitrogens is 3. The second-order valence-corrected chi connectivity index (χ2v) is 7.76. The average molecular weight is 453 g/mol. The lowest BCUT2D eigenvalue weighted by atomic mass is 9.89. The number of H-pyrrole nitrogens is 1. The number of benzene rings is 1. The molecule has 0 saturated heterocycles. The molecule has 10 heteroatoms. The molecule has 0 spiro atoms. The van der Waals surface area contributed by atoms with Crippen LogP contribution in [0, 0.1) is 0 Å². The van der Waals surface area contributed by atoms with Crippen molar-refractivity contribution in [2.45, 2.75) is 12.3 Å². The van der Waals surface area contributed by atoms with E-state index in [1.54, 1.807) is 10.6 Å². The maximum absolute atomic E-state index is 12.9. The van der Waals surface area contributed by atoms with Gasteiger partial charge in [0.1, 0.15) is 11.3 Å². The predicted molar refractivity (Wildman–Crippen MR) is 117 cm³/mol. The van der Waals surface area contributed by atoms with Crippen LogP contribution in [0.2, 0.25) is 0 Å². The Kier molecular flexibility index (Phi) is 5.78. The van der Waals surface area contributed by atoms with Crippen LogP contribution in [-0.4, -0.2) is 45.6 Å². The Labute approximate surface area is 185 Å². The molecule has 0 bridgehead atoms. The summed E-state index contributed by atoms with van der Waals surface area (Å²) in [6, 6.07) is 9.29. The quantitative estimate of drug-likeness (QED) is 0.430. The van der Waals surface area contributed by atoms with E-state index in [4.69, 9.17) is 14.5 Å². The van der Waals surface area contributed by atoms with Gasteiger partial charge in [0.2, 0.25) is 0 Å². The molecule has 164 valence electrons. The minimum Gasteiger partial charge on any atom is -0.506 e. The molecule has 1 atom stereocenters. The van der Waals surface area contributed by atoms with Crippen molar-refractivity contribution in [2.75, 3.05) is 14.2 Å². The fourth-order valence-corrected chi connectivity index (χ4v) is 4.38. The molecule has 1 unspecified atom stereocenters. The Balaban J connectivity index is 2.03. The van der Waals surface area contributed by atoms with E-state index in [0.29, 0.717) is 16.3 Å². The number of pyridine rings is 1. The van der Waals surface area contributed by atoms with Gasteiger partial charge in [0.05, 0.1) is 37.6 Å². The first-order chi connectivity index (χ1) is 15.5. The third-order valence-corrected chi connectivity index (χ3v) is 5.89. The number of carbonyl (C=O) groups is 2. The summed E-state index contributed by atoms with van der Waals surface area (Å²) in [6.07, 6.45) is 2.59. The number of carbonyl (C=O) groups excluding carboxylic acids is 2. The monoisotopic (exact) mass is 453 g/mol. The van der Waals surface area contributed by atoms with E-state index >= 15 is 0 Å². The second kappa shape index (κ2) is 8.67. The van der Waals surface area contributed by atoms with Crippen LogP contribution in [-0.2, 0) is 14.3 Å². The molecule has 3 heterocycles. The molecule has 3 aromatic heterocycles. The van der Waals surface area contributed by atoms with Crippen LogP contribution in [0.1, 0.15) is 34.0 Å². The fraction of sp³-hybridized carbons (Fsp3) is 0.182. The maximum atomic E-state index is 12.9. The predicted octanol–water partition coefficient (Wildman–Crippen LogP) is 2.94. The molecule has 0 radical (unpaired) electrons. The number of esters is 2. The van der Waals surface area contributed by atoms with Crippen LogP contribution in [0.4, 0.5) is 0 Å². The first-order valence-electron chi connectivity index (χ1n) is 9.56. The molecule has 4 aromatic rings. The largest absolute Gasteiger partial charge is 0.506 e. The second-order valence-electron chi connectivity index (χ2n) is 6.89. The van der Waals surface area contributed by atoms with Crippen LogP contribution < -0.4 is 5.56 Å². The van der Waals surface area contributed by atoms with Gasteiger partial charge < -0.3 is 19.6 Å². The Hall–Kier alpha value is -3.92. The molecular weight excluding hydrogens is 434 g/mol. The van der Waals surface area contributed by atoms with Gasteiger partial charge in [0.25, 0.3) is 5.56 Å². The van der Waals surface area contributed by atoms with E-state index in [0.717, 1.165) is 18.9 Å². The highest BCUT2D eigenvalue weighted by atomic mass is 32.1. The molecular formula is C22H19N3O6S. The standard InChI is InChI=1S/C22H19N3O6S/c1-30-15(26)10-13(16-19(27)14(21(29)31-2)11-23-20(16)28)18-17(12-6-4-3-5-7-12)24-22-25(18)8-9-32-22/h3-9,11,13H,10H2,1-2H3,(H2,23,27,28). The maximum Gasteiger partial charge on any atom is 0.343 e. The van der Waals surface area contributed by atoms with Crippen molar-refractivity contribution in [3.8, 4) is 17.0 Å². The number of nitrogens with one attached hydrogen (secondary N) is 1. The highest BCUT2D eigenvalue weighted by Crippen LogP contribution is 2.39. The molecule has 1 aromatic carbocycles. The molecule has 0 amide bonds. The van der Waals surface area contributed by atoms with Gasteiger partial charge in [0.15, 0.2) is 4.96 Å². The van der Waals surface area contributed by atoms with Gasteiger partial charge in [-0.05, 0) is 0 Å². The van der Waals surface area contributed by atoms with Gasteiger partial charge >= 0.3 is 11.9 Å². The van der Waals surface area contributed by atoms with Crippen molar-refractivity contribution in [2.24, 2.45) is 0 Å². The van der Waals surface area contributed by atoms with E-state index < -0.39 is 29.2 Å². The van der Waals surface area contributed by atoms with Gasteiger partial charge in [-0.2, -0.15) is 0 Å². The first-order valence-corrected chi connectivity index (χ1v) is 10.4. The minimum atomic E-state index is -0.962. The topological polar surface area (TPSA) is 123 Å². The highest BCUT2D eigenvalue weighted by molar-refractivity contribution is 7.15. The Morgan fingerprint density at radius 1 is 1.22 bits per heavy atom. The number of aromatic hydroxyl groups is 1. The number of hydrogen-bond donors (Lipinski definition) is 2. The van der Waals surface area contributed by atoms with Crippen LogP contribution in [0.25, 0.3) is 16.2 Å². The summed E-state index contributed by atoms with van der Waals surface area (Å²) >= 11 is 1.39. The summed E-state index contributed by atoms with van der Waals surface area (Å²) in [4.78, 5) is 45.2. The Bertz CT molecular complexity index is 1360.